The van der Waals surface area contributed by atoms with Crippen molar-refractivity contribution in [1.82, 2.24) is 15.0 Å². The van der Waals surface area contributed by atoms with Crippen LogP contribution in [-0.4, -0.2) is 28.0 Å². The van der Waals surface area contributed by atoms with Gasteiger partial charge in [-0.05, 0) is 25.1 Å². The number of carbonyl (C=O) groups is 1. The van der Waals surface area contributed by atoms with Crippen molar-refractivity contribution in [3.8, 4) is 5.75 Å². The second-order valence-corrected chi connectivity index (χ2v) is 4.47. The molecule has 2 aromatic rings. The lowest BCUT2D eigenvalue weighted by Crippen LogP contribution is -2.28. The summed E-state index contributed by atoms with van der Waals surface area (Å²) in [6.07, 6.45) is 2.79. The van der Waals surface area contributed by atoms with E-state index >= 15 is 0 Å². The van der Waals surface area contributed by atoms with E-state index in [4.69, 9.17) is 4.74 Å². The average Bonchev–Trinajstić information content (AvgIpc) is 3.00. The standard InChI is InChI=1S/C15H17FN4O2/c1-4-15(21)19(10-11-9-17-20(5-2)18-11)12-6-7-13(16)14(8-12)22-3/h4,6-9H,1,5,10H2,2-3H3. The van der Waals surface area contributed by atoms with Gasteiger partial charge in [0, 0.05) is 11.8 Å². The van der Waals surface area contributed by atoms with Crippen molar-refractivity contribution in [3.63, 3.8) is 0 Å². The fourth-order valence-electron chi connectivity index (χ4n) is 1.94. The number of rotatable bonds is 6. The number of amides is 1. The zero-order valence-electron chi connectivity index (χ0n) is 12.5. The largest absolute Gasteiger partial charge is 0.494 e. The quantitative estimate of drug-likeness (QED) is 0.767. The molecule has 0 aliphatic rings. The Kier molecular flexibility index (Phi) is 4.88. The van der Waals surface area contributed by atoms with Gasteiger partial charge in [-0.1, -0.05) is 6.58 Å². The molecule has 1 aromatic carbocycles. The highest BCUT2D eigenvalue weighted by molar-refractivity contribution is 6.01. The Morgan fingerprint density at radius 1 is 1.55 bits per heavy atom. The maximum Gasteiger partial charge on any atom is 0.250 e. The predicted octanol–water partition coefficient (Wildman–Crippen LogP) is 2.16. The Morgan fingerprint density at radius 3 is 2.91 bits per heavy atom. The van der Waals surface area contributed by atoms with Crippen LogP contribution in [0.15, 0.2) is 37.1 Å². The third kappa shape index (κ3) is 3.30. The highest BCUT2D eigenvalue weighted by Crippen LogP contribution is 2.25. The Hall–Kier alpha value is -2.70. The summed E-state index contributed by atoms with van der Waals surface area (Å²) >= 11 is 0. The lowest BCUT2D eigenvalue weighted by molar-refractivity contribution is -0.114. The Morgan fingerprint density at radius 2 is 2.32 bits per heavy atom. The van der Waals surface area contributed by atoms with Crippen LogP contribution in [-0.2, 0) is 17.9 Å². The molecule has 1 heterocycles. The van der Waals surface area contributed by atoms with E-state index in [-0.39, 0.29) is 18.2 Å². The van der Waals surface area contributed by atoms with Crippen LogP contribution in [0, 0.1) is 5.82 Å². The molecule has 0 aliphatic heterocycles. The van der Waals surface area contributed by atoms with Crippen LogP contribution in [0.2, 0.25) is 0 Å². The van der Waals surface area contributed by atoms with Crippen LogP contribution < -0.4 is 9.64 Å². The Bertz CT molecular complexity index is 684. The van der Waals surface area contributed by atoms with Gasteiger partial charge in [0.15, 0.2) is 11.6 Å². The van der Waals surface area contributed by atoms with Crippen molar-refractivity contribution >= 4 is 11.6 Å². The Labute approximate surface area is 127 Å². The van der Waals surface area contributed by atoms with Crippen LogP contribution in [0.4, 0.5) is 10.1 Å². The molecule has 0 saturated heterocycles. The second-order valence-electron chi connectivity index (χ2n) is 4.47. The molecule has 1 amide bonds. The molecule has 0 fully saturated rings. The fourth-order valence-corrected chi connectivity index (χ4v) is 1.94. The van der Waals surface area contributed by atoms with Crippen LogP contribution >= 0.6 is 0 Å². The van der Waals surface area contributed by atoms with Gasteiger partial charge in [-0.2, -0.15) is 15.0 Å². The second kappa shape index (κ2) is 6.84. The maximum atomic E-state index is 13.5. The number of methoxy groups -OCH3 is 1. The fraction of sp³-hybridized carbons (Fsp3) is 0.267. The molecule has 1 aromatic heterocycles. The van der Waals surface area contributed by atoms with E-state index in [1.165, 1.54) is 41.1 Å². The van der Waals surface area contributed by atoms with Gasteiger partial charge in [0.1, 0.15) is 5.69 Å². The van der Waals surface area contributed by atoms with Crippen LogP contribution in [0.25, 0.3) is 0 Å². The highest BCUT2D eigenvalue weighted by atomic mass is 19.1. The SMILES string of the molecule is C=CC(=O)N(Cc1cnn(CC)n1)c1ccc(F)c(OC)c1. The van der Waals surface area contributed by atoms with Crippen molar-refractivity contribution < 1.29 is 13.9 Å². The topological polar surface area (TPSA) is 60.2 Å². The number of hydrogen-bond acceptors (Lipinski definition) is 4. The molecule has 0 saturated carbocycles. The summed E-state index contributed by atoms with van der Waals surface area (Å²) in [5.74, 6) is -0.745. The van der Waals surface area contributed by atoms with Gasteiger partial charge in [0.25, 0.3) is 5.91 Å². The Balaban J connectivity index is 2.33. The molecular weight excluding hydrogens is 287 g/mol. The van der Waals surface area contributed by atoms with Gasteiger partial charge in [-0.3, -0.25) is 4.79 Å². The molecule has 0 spiro atoms. The summed E-state index contributed by atoms with van der Waals surface area (Å²) in [4.78, 5) is 15.1. The number of carbonyl (C=O) groups excluding carboxylic acids is 1. The summed E-state index contributed by atoms with van der Waals surface area (Å²) in [5.41, 5.74) is 1.12. The molecule has 0 aliphatic carbocycles. The summed E-state index contributed by atoms with van der Waals surface area (Å²) in [6.45, 7) is 6.26. The summed E-state index contributed by atoms with van der Waals surface area (Å²) < 4.78 is 18.5. The number of benzene rings is 1. The minimum Gasteiger partial charge on any atom is -0.494 e. The molecule has 0 atom stereocenters. The van der Waals surface area contributed by atoms with Crippen molar-refractivity contribution in [3.05, 3.63) is 48.6 Å². The number of halogens is 1. The molecular formula is C15H17FN4O2. The van der Waals surface area contributed by atoms with Crippen LogP contribution in [0.3, 0.4) is 0 Å². The molecule has 0 radical (unpaired) electrons. The molecule has 22 heavy (non-hydrogen) atoms. The summed E-state index contributed by atoms with van der Waals surface area (Å²) in [6, 6.07) is 4.21. The zero-order valence-corrected chi connectivity index (χ0v) is 12.5. The van der Waals surface area contributed by atoms with E-state index in [2.05, 4.69) is 16.8 Å². The minimum atomic E-state index is -0.492. The van der Waals surface area contributed by atoms with Crippen molar-refractivity contribution in [2.75, 3.05) is 12.0 Å². The predicted molar refractivity (Wildman–Crippen MR) is 80.0 cm³/mol. The van der Waals surface area contributed by atoms with Gasteiger partial charge in [-0.15, -0.1) is 0 Å². The van der Waals surface area contributed by atoms with Gasteiger partial charge in [0.05, 0.1) is 26.4 Å². The van der Waals surface area contributed by atoms with Crippen molar-refractivity contribution in [2.24, 2.45) is 0 Å². The molecule has 0 unspecified atom stereocenters. The van der Waals surface area contributed by atoms with E-state index in [0.29, 0.717) is 17.9 Å². The lowest BCUT2D eigenvalue weighted by atomic mass is 10.2. The van der Waals surface area contributed by atoms with Gasteiger partial charge in [-0.25, -0.2) is 4.39 Å². The minimum absolute atomic E-state index is 0.0663. The van der Waals surface area contributed by atoms with E-state index in [1.54, 1.807) is 6.20 Å². The summed E-state index contributed by atoms with van der Waals surface area (Å²) in [5, 5.41) is 8.31. The number of aryl methyl sites for hydroxylation is 1. The highest BCUT2D eigenvalue weighted by Gasteiger charge is 2.17. The lowest BCUT2D eigenvalue weighted by Gasteiger charge is -2.20. The smallest absolute Gasteiger partial charge is 0.250 e. The average molecular weight is 304 g/mol. The number of hydrogen-bond donors (Lipinski definition) is 0. The first-order chi connectivity index (χ1) is 10.6. The van der Waals surface area contributed by atoms with Crippen molar-refractivity contribution in [1.29, 1.82) is 0 Å². The van der Waals surface area contributed by atoms with Crippen LogP contribution in [0.5, 0.6) is 5.75 Å². The molecule has 0 N–H and O–H groups in total. The number of ether oxygens (including phenoxy) is 1. The zero-order chi connectivity index (χ0) is 16.1. The summed E-state index contributed by atoms with van der Waals surface area (Å²) in [7, 11) is 1.37. The number of aromatic nitrogens is 3. The van der Waals surface area contributed by atoms with E-state index in [9.17, 15) is 9.18 Å². The first-order valence-corrected chi connectivity index (χ1v) is 6.75. The molecule has 6 nitrogen and oxygen atoms in total. The van der Waals surface area contributed by atoms with Crippen LogP contribution in [0.1, 0.15) is 12.6 Å². The first kappa shape index (κ1) is 15.7. The van der Waals surface area contributed by atoms with Gasteiger partial charge < -0.3 is 9.64 Å². The third-order valence-electron chi connectivity index (χ3n) is 3.07. The van der Waals surface area contributed by atoms with E-state index in [1.807, 2.05) is 6.92 Å². The molecule has 2 rings (SSSR count). The van der Waals surface area contributed by atoms with E-state index in [0.717, 1.165) is 0 Å². The molecule has 0 bridgehead atoms. The number of anilines is 1. The van der Waals surface area contributed by atoms with Gasteiger partial charge in [0.2, 0.25) is 0 Å². The first-order valence-electron chi connectivity index (χ1n) is 6.75. The normalized spacial score (nSPS) is 10.3. The third-order valence-corrected chi connectivity index (χ3v) is 3.07. The number of nitrogens with zero attached hydrogens (tertiary/aromatic N) is 4. The van der Waals surface area contributed by atoms with Crippen molar-refractivity contribution in [2.45, 2.75) is 20.0 Å². The monoisotopic (exact) mass is 304 g/mol. The molecule has 116 valence electrons. The maximum absolute atomic E-state index is 13.5. The van der Waals surface area contributed by atoms with E-state index < -0.39 is 5.82 Å². The van der Waals surface area contributed by atoms with Gasteiger partial charge >= 0.3 is 0 Å². The molecule has 7 heteroatoms.